The minimum atomic E-state index is -0.918. The van der Waals surface area contributed by atoms with Gasteiger partial charge in [0.1, 0.15) is 0 Å². The van der Waals surface area contributed by atoms with E-state index in [2.05, 4.69) is 4.74 Å². The molecule has 0 unspecified atom stereocenters. The van der Waals surface area contributed by atoms with Crippen LogP contribution in [0.5, 0.6) is 0 Å². The largest absolute Gasteiger partial charge is 0.458 e. The van der Waals surface area contributed by atoms with Gasteiger partial charge in [-0.05, 0) is 19.4 Å². The van der Waals surface area contributed by atoms with Crippen molar-refractivity contribution in [1.29, 1.82) is 0 Å². The first-order chi connectivity index (χ1) is 8.04. The topological polar surface area (TPSA) is 69.4 Å². The average Bonchev–Trinajstić information content (AvgIpc) is 2.26. The number of hydrogen-bond acceptors (Lipinski definition) is 4. The van der Waals surface area contributed by atoms with Crippen molar-refractivity contribution in [2.45, 2.75) is 13.8 Å². The Morgan fingerprint density at radius 3 is 2.76 bits per heavy atom. The SMILES string of the molecule is CCOC(=O)C(=Cc1cccc(C)c1)[N+](=O)[O-]. The Bertz CT molecular complexity index is 465. The van der Waals surface area contributed by atoms with Crippen LogP contribution in [0.25, 0.3) is 6.08 Å². The third kappa shape index (κ3) is 3.71. The fourth-order valence-corrected chi connectivity index (χ4v) is 1.31. The van der Waals surface area contributed by atoms with Crippen molar-refractivity contribution in [3.63, 3.8) is 0 Å². The maximum atomic E-state index is 11.3. The predicted octanol–water partition coefficient (Wildman–Crippen LogP) is 2.18. The Morgan fingerprint density at radius 1 is 1.53 bits per heavy atom. The monoisotopic (exact) mass is 235 g/mol. The lowest BCUT2D eigenvalue weighted by Crippen LogP contribution is -2.14. The van der Waals surface area contributed by atoms with E-state index < -0.39 is 16.6 Å². The van der Waals surface area contributed by atoms with Crippen LogP contribution in [0.2, 0.25) is 0 Å². The van der Waals surface area contributed by atoms with Crippen LogP contribution in [0.4, 0.5) is 0 Å². The summed E-state index contributed by atoms with van der Waals surface area (Å²) in [7, 11) is 0. The van der Waals surface area contributed by atoms with E-state index in [1.807, 2.05) is 13.0 Å². The average molecular weight is 235 g/mol. The standard InChI is InChI=1S/C12H13NO4/c1-3-17-12(14)11(13(15)16)8-10-6-4-5-9(2)7-10/h4-8H,3H2,1-2H3. The first-order valence-electron chi connectivity index (χ1n) is 5.14. The van der Waals surface area contributed by atoms with Crippen LogP contribution in [-0.4, -0.2) is 17.5 Å². The summed E-state index contributed by atoms with van der Waals surface area (Å²) in [5.41, 5.74) is 1.01. The van der Waals surface area contributed by atoms with Gasteiger partial charge in [-0.25, -0.2) is 4.79 Å². The molecule has 0 aliphatic rings. The van der Waals surface area contributed by atoms with Crippen molar-refractivity contribution in [2.75, 3.05) is 6.61 Å². The zero-order valence-electron chi connectivity index (χ0n) is 9.67. The molecule has 0 saturated carbocycles. The number of carbonyl (C=O) groups excluding carboxylic acids is 1. The molecule has 0 saturated heterocycles. The molecule has 0 heterocycles. The maximum absolute atomic E-state index is 11.3. The molecule has 1 aromatic rings. The minimum Gasteiger partial charge on any atom is -0.458 e. The molecule has 0 atom stereocenters. The zero-order valence-corrected chi connectivity index (χ0v) is 9.67. The highest BCUT2D eigenvalue weighted by molar-refractivity contribution is 5.90. The van der Waals surface area contributed by atoms with E-state index >= 15 is 0 Å². The van der Waals surface area contributed by atoms with Gasteiger partial charge >= 0.3 is 11.7 Å². The number of esters is 1. The van der Waals surface area contributed by atoms with Crippen molar-refractivity contribution in [2.24, 2.45) is 0 Å². The highest BCUT2D eigenvalue weighted by Crippen LogP contribution is 2.11. The lowest BCUT2D eigenvalue weighted by Gasteiger charge is -2.00. The van der Waals surface area contributed by atoms with Gasteiger partial charge in [0, 0.05) is 6.08 Å². The molecule has 0 amide bonds. The molecule has 0 aliphatic heterocycles. The molecule has 1 aromatic carbocycles. The minimum absolute atomic E-state index is 0.109. The Morgan fingerprint density at radius 2 is 2.24 bits per heavy atom. The summed E-state index contributed by atoms with van der Waals surface area (Å²) in [4.78, 5) is 21.3. The van der Waals surface area contributed by atoms with Crippen molar-refractivity contribution in [3.8, 4) is 0 Å². The number of benzene rings is 1. The summed E-state index contributed by atoms with van der Waals surface area (Å²) in [5, 5.41) is 10.7. The molecule has 0 aromatic heterocycles. The van der Waals surface area contributed by atoms with Gasteiger partial charge in [-0.15, -0.1) is 0 Å². The zero-order chi connectivity index (χ0) is 12.8. The van der Waals surface area contributed by atoms with E-state index in [0.29, 0.717) is 5.56 Å². The summed E-state index contributed by atoms with van der Waals surface area (Å²) >= 11 is 0. The Labute approximate surface area is 98.9 Å². The van der Waals surface area contributed by atoms with Gasteiger partial charge in [0.15, 0.2) is 0 Å². The molecule has 0 radical (unpaired) electrons. The third-order valence-electron chi connectivity index (χ3n) is 2.03. The Balaban J connectivity index is 3.06. The molecule has 5 nitrogen and oxygen atoms in total. The van der Waals surface area contributed by atoms with E-state index in [1.54, 1.807) is 25.1 Å². The van der Waals surface area contributed by atoms with Gasteiger partial charge in [-0.3, -0.25) is 10.1 Å². The van der Waals surface area contributed by atoms with Crippen LogP contribution in [-0.2, 0) is 9.53 Å². The van der Waals surface area contributed by atoms with Crippen molar-refractivity contribution in [1.82, 2.24) is 0 Å². The summed E-state index contributed by atoms with van der Waals surface area (Å²) in [6, 6.07) is 7.08. The van der Waals surface area contributed by atoms with E-state index in [0.717, 1.165) is 5.56 Å². The predicted molar refractivity (Wildman–Crippen MR) is 62.8 cm³/mol. The first-order valence-corrected chi connectivity index (χ1v) is 5.14. The normalized spacial score (nSPS) is 11.1. The molecule has 90 valence electrons. The van der Waals surface area contributed by atoms with Crippen LogP contribution >= 0.6 is 0 Å². The quantitative estimate of drug-likeness (QED) is 0.347. The second-order valence-electron chi connectivity index (χ2n) is 3.42. The van der Waals surface area contributed by atoms with E-state index in [-0.39, 0.29) is 6.61 Å². The Kier molecular flexibility index (Phi) is 4.39. The van der Waals surface area contributed by atoms with E-state index in [4.69, 9.17) is 0 Å². The van der Waals surface area contributed by atoms with Crippen LogP contribution in [0.1, 0.15) is 18.1 Å². The van der Waals surface area contributed by atoms with Crippen molar-refractivity contribution < 1.29 is 14.5 Å². The number of aryl methyl sites for hydroxylation is 1. The van der Waals surface area contributed by atoms with E-state index in [1.165, 1.54) is 6.08 Å². The smallest absolute Gasteiger partial charge is 0.409 e. The first kappa shape index (κ1) is 12.9. The van der Waals surface area contributed by atoms with Crippen LogP contribution in [0, 0.1) is 17.0 Å². The summed E-state index contributed by atoms with van der Waals surface area (Å²) in [6.45, 7) is 3.58. The van der Waals surface area contributed by atoms with Gasteiger partial charge in [0.2, 0.25) is 0 Å². The van der Waals surface area contributed by atoms with Crippen molar-refractivity contribution >= 4 is 12.0 Å². The molecule has 0 fully saturated rings. The van der Waals surface area contributed by atoms with Gasteiger partial charge < -0.3 is 4.74 Å². The highest BCUT2D eigenvalue weighted by Gasteiger charge is 2.23. The molecular formula is C12H13NO4. The molecule has 17 heavy (non-hydrogen) atoms. The van der Waals surface area contributed by atoms with Crippen LogP contribution in [0.15, 0.2) is 30.0 Å². The molecular weight excluding hydrogens is 222 g/mol. The van der Waals surface area contributed by atoms with E-state index in [9.17, 15) is 14.9 Å². The van der Waals surface area contributed by atoms with Gasteiger partial charge in [-0.1, -0.05) is 29.8 Å². The second-order valence-corrected chi connectivity index (χ2v) is 3.42. The Hall–Kier alpha value is -2.17. The van der Waals surface area contributed by atoms with Gasteiger partial charge in [-0.2, -0.15) is 0 Å². The number of nitrogens with zero attached hydrogens (tertiary/aromatic N) is 1. The molecule has 0 N–H and O–H groups in total. The summed E-state index contributed by atoms with van der Waals surface area (Å²) < 4.78 is 4.62. The summed E-state index contributed by atoms with van der Waals surface area (Å²) in [5.74, 6) is -0.918. The molecule has 0 aliphatic carbocycles. The fourth-order valence-electron chi connectivity index (χ4n) is 1.31. The molecule has 1 rings (SSSR count). The second kappa shape index (κ2) is 5.79. The molecule has 0 bridgehead atoms. The van der Waals surface area contributed by atoms with Crippen LogP contribution in [0.3, 0.4) is 0 Å². The van der Waals surface area contributed by atoms with Gasteiger partial charge in [0.05, 0.1) is 11.5 Å². The van der Waals surface area contributed by atoms with Crippen molar-refractivity contribution in [3.05, 3.63) is 51.2 Å². The number of hydrogen-bond donors (Lipinski definition) is 0. The lowest BCUT2D eigenvalue weighted by atomic mass is 10.1. The lowest BCUT2D eigenvalue weighted by molar-refractivity contribution is -0.419. The fraction of sp³-hybridized carbons (Fsp3) is 0.250. The maximum Gasteiger partial charge on any atom is 0.409 e. The third-order valence-corrected chi connectivity index (χ3v) is 2.03. The number of rotatable bonds is 4. The van der Waals surface area contributed by atoms with Gasteiger partial charge in [0.25, 0.3) is 0 Å². The number of nitro groups is 1. The number of ether oxygens (including phenoxy) is 1. The highest BCUT2D eigenvalue weighted by atomic mass is 16.6. The van der Waals surface area contributed by atoms with Crippen LogP contribution < -0.4 is 0 Å². The summed E-state index contributed by atoms with van der Waals surface area (Å²) in [6.07, 6.45) is 1.21. The number of carbonyl (C=O) groups is 1. The molecule has 5 heteroatoms. The molecule has 0 spiro atoms.